The van der Waals surface area contributed by atoms with Gasteiger partial charge in [-0.2, -0.15) is 0 Å². The summed E-state index contributed by atoms with van der Waals surface area (Å²) in [6.45, 7) is 7.80. The zero-order valence-electron chi connectivity index (χ0n) is 16.2. The highest BCUT2D eigenvalue weighted by Crippen LogP contribution is 2.14. The SMILES string of the molecule is CN=C(NCc1ccc(CN2CCCC2)cc1)NCC1CCN(C)C1.I. The maximum absolute atomic E-state index is 4.34. The standard InChI is InChI=1S/C20H33N5.HI/c1-21-20(23-14-19-9-12-24(2)15-19)22-13-17-5-7-18(8-6-17)16-25-10-3-4-11-25;/h5-8,19H,3-4,9-16H2,1-2H3,(H2,21,22,23);1H. The third kappa shape index (κ3) is 6.70. The normalized spacial score (nSPS) is 21.6. The first-order valence-corrected chi connectivity index (χ1v) is 9.66. The smallest absolute Gasteiger partial charge is 0.191 e. The topological polar surface area (TPSA) is 42.9 Å². The van der Waals surface area contributed by atoms with Crippen LogP contribution in [0.4, 0.5) is 0 Å². The molecule has 0 saturated carbocycles. The minimum atomic E-state index is 0. The van der Waals surface area contributed by atoms with Crippen molar-refractivity contribution in [3.8, 4) is 0 Å². The molecule has 1 atom stereocenters. The van der Waals surface area contributed by atoms with Crippen LogP contribution in [0.2, 0.25) is 0 Å². The summed E-state index contributed by atoms with van der Waals surface area (Å²) in [5, 5.41) is 6.90. The third-order valence-electron chi connectivity index (χ3n) is 5.36. The zero-order chi connectivity index (χ0) is 17.5. The van der Waals surface area contributed by atoms with E-state index >= 15 is 0 Å². The number of nitrogens with zero attached hydrogens (tertiary/aromatic N) is 3. The van der Waals surface area contributed by atoms with Crippen LogP contribution in [0.15, 0.2) is 29.3 Å². The fourth-order valence-corrected chi connectivity index (χ4v) is 3.80. The van der Waals surface area contributed by atoms with Crippen LogP contribution in [0.3, 0.4) is 0 Å². The summed E-state index contributed by atoms with van der Waals surface area (Å²) in [6.07, 6.45) is 3.98. The van der Waals surface area contributed by atoms with E-state index in [1.165, 1.54) is 56.6 Å². The Hall–Kier alpha value is -0.860. The molecule has 2 aliphatic rings. The summed E-state index contributed by atoms with van der Waals surface area (Å²) in [4.78, 5) is 9.28. The average molecular weight is 471 g/mol. The zero-order valence-corrected chi connectivity index (χ0v) is 18.5. The first-order valence-electron chi connectivity index (χ1n) is 9.66. The van der Waals surface area contributed by atoms with Crippen molar-refractivity contribution in [1.82, 2.24) is 20.4 Å². The van der Waals surface area contributed by atoms with Gasteiger partial charge in [0.05, 0.1) is 0 Å². The molecule has 0 radical (unpaired) electrons. The molecular formula is C20H34IN5. The van der Waals surface area contributed by atoms with E-state index in [1.807, 2.05) is 7.05 Å². The van der Waals surface area contributed by atoms with Crippen molar-refractivity contribution in [2.45, 2.75) is 32.4 Å². The van der Waals surface area contributed by atoms with Gasteiger partial charge >= 0.3 is 0 Å². The van der Waals surface area contributed by atoms with Crippen molar-refractivity contribution in [3.05, 3.63) is 35.4 Å². The van der Waals surface area contributed by atoms with Crippen molar-refractivity contribution in [2.75, 3.05) is 46.8 Å². The van der Waals surface area contributed by atoms with Gasteiger partial charge in [0.15, 0.2) is 5.96 Å². The lowest BCUT2D eigenvalue weighted by atomic mass is 10.1. The van der Waals surface area contributed by atoms with E-state index in [1.54, 1.807) is 0 Å². The Morgan fingerprint density at radius 1 is 1.08 bits per heavy atom. The van der Waals surface area contributed by atoms with E-state index in [4.69, 9.17) is 0 Å². The summed E-state index contributed by atoms with van der Waals surface area (Å²) >= 11 is 0. The highest BCUT2D eigenvalue weighted by Gasteiger charge is 2.19. The lowest BCUT2D eigenvalue weighted by Gasteiger charge is -2.16. The first kappa shape index (κ1) is 21.4. The van der Waals surface area contributed by atoms with Crippen LogP contribution >= 0.6 is 24.0 Å². The Kier molecular flexibility index (Phi) is 9.15. The maximum atomic E-state index is 4.34. The van der Waals surface area contributed by atoms with Crippen LogP contribution in [0, 0.1) is 5.92 Å². The number of rotatable bonds is 6. The quantitative estimate of drug-likeness (QED) is 0.380. The number of halogens is 1. The van der Waals surface area contributed by atoms with Crippen molar-refractivity contribution < 1.29 is 0 Å². The van der Waals surface area contributed by atoms with Crippen LogP contribution in [-0.4, -0.2) is 62.6 Å². The lowest BCUT2D eigenvalue weighted by Crippen LogP contribution is -2.39. The number of nitrogens with one attached hydrogen (secondary N) is 2. The fourth-order valence-electron chi connectivity index (χ4n) is 3.80. The van der Waals surface area contributed by atoms with Gasteiger partial charge in [-0.05, 0) is 63.0 Å². The Morgan fingerprint density at radius 3 is 2.38 bits per heavy atom. The molecule has 1 aromatic carbocycles. The van der Waals surface area contributed by atoms with Gasteiger partial charge < -0.3 is 15.5 Å². The van der Waals surface area contributed by atoms with E-state index in [9.17, 15) is 0 Å². The second-order valence-corrected chi connectivity index (χ2v) is 7.52. The fraction of sp³-hybridized carbons (Fsp3) is 0.650. The van der Waals surface area contributed by atoms with Gasteiger partial charge in [-0.15, -0.1) is 24.0 Å². The predicted octanol–water partition coefficient (Wildman–Crippen LogP) is 2.52. The molecule has 2 N–H and O–H groups in total. The van der Waals surface area contributed by atoms with E-state index in [2.05, 4.69) is 56.7 Å². The molecule has 2 saturated heterocycles. The number of hydrogen-bond donors (Lipinski definition) is 2. The average Bonchev–Trinajstić information content (AvgIpc) is 3.28. The molecule has 0 spiro atoms. The number of likely N-dealkylation sites (tertiary alicyclic amines) is 2. The molecule has 2 heterocycles. The van der Waals surface area contributed by atoms with Gasteiger partial charge in [-0.25, -0.2) is 0 Å². The molecule has 2 fully saturated rings. The molecule has 146 valence electrons. The molecule has 3 rings (SSSR count). The Labute approximate surface area is 175 Å². The number of hydrogen-bond acceptors (Lipinski definition) is 3. The van der Waals surface area contributed by atoms with Gasteiger partial charge in [0, 0.05) is 33.2 Å². The Morgan fingerprint density at radius 2 is 1.77 bits per heavy atom. The van der Waals surface area contributed by atoms with Gasteiger partial charge in [-0.3, -0.25) is 9.89 Å². The first-order chi connectivity index (χ1) is 12.2. The molecule has 0 amide bonds. The van der Waals surface area contributed by atoms with Crippen LogP contribution in [0.1, 0.15) is 30.4 Å². The minimum absolute atomic E-state index is 0. The van der Waals surface area contributed by atoms with Gasteiger partial charge in [-0.1, -0.05) is 24.3 Å². The summed E-state index contributed by atoms with van der Waals surface area (Å²) in [7, 11) is 4.04. The number of guanidine groups is 1. The highest BCUT2D eigenvalue weighted by atomic mass is 127. The van der Waals surface area contributed by atoms with E-state index in [0.717, 1.165) is 31.5 Å². The Balaban J connectivity index is 0.00000243. The molecule has 2 aliphatic heterocycles. The van der Waals surface area contributed by atoms with E-state index < -0.39 is 0 Å². The van der Waals surface area contributed by atoms with Crippen LogP contribution < -0.4 is 10.6 Å². The van der Waals surface area contributed by atoms with Gasteiger partial charge in [0.25, 0.3) is 0 Å². The van der Waals surface area contributed by atoms with Crippen molar-refractivity contribution in [2.24, 2.45) is 10.9 Å². The molecule has 5 nitrogen and oxygen atoms in total. The van der Waals surface area contributed by atoms with Crippen molar-refractivity contribution >= 4 is 29.9 Å². The van der Waals surface area contributed by atoms with Gasteiger partial charge in [0.1, 0.15) is 0 Å². The summed E-state index contributed by atoms with van der Waals surface area (Å²) in [5.41, 5.74) is 2.72. The number of benzene rings is 1. The minimum Gasteiger partial charge on any atom is -0.356 e. The number of aliphatic imine (C=N–C) groups is 1. The third-order valence-corrected chi connectivity index (χ3v) is 5.36. The second-order valence-electron chi connectivity index (χ2n) is 7.52. The molecule has 6 heteroatoms. The Bertz CT molecular complexity index is 554. The lowest BCUT2D eigenvalue weighted by molar-refractivity contribution is 0.331. The molecule has 1 unspecified atom stereocenters. The van der Waals surface area contributed by atoms with Crippen LogP contribution in [-0.2, 0) is 13.1 Å². The molecule has 0 aromatic heterocycles. The highest BCUT2D eigenvalue weighted by molar-refractivity contribution is 14.0. The molecule has 26 heavy (non-hydrogen) atoms. The van der Waals surface area contributed by atoms with Crippen LogP contribution in [0.5, 0.6) is 0 Å². The van der Waals surface area contributed by atoms with E-state index in [-0.39, 0.29) is 24.0 Å². The summed E-state index contributed by atoms with van der Waals surface area (Å²) in [5.74, 6) is 1.63. The molecular weight excluding hydrogens is 437 g/mol. The maximum Gasteiger partial charge on any atom is 0.191 e. The predicted molar refractivity (Wildman–Crippen MR) is 120 cm³/mol. The monoisotopic (exact) mass is 471 g/mol. The largest absolute Gasteiger partial charge is 0.356 e. The van der Waals surface area contributed by atoms with Gasteiger partial charge in [0.2, 0.25) is 0 Å². The summed E-state index contributed by atoms with van der Waals surface area (Å²) < 4.78 is 0. The second kappa shape index (κ2) is 11.1. The van der Waals surface area contributed by atoms with Crippen molar-refractivity contribution in [1.29, 1.82) is 0 Å². The molecule has 0 aliphatic carbocycles. The van der Waals surface area contributed by atoms with Crippen LogP contribution in [0.25, 0.3) is 0 Å². The molecule has 1 aromatic rings. The van der Waals surface area contributed by atoms with Crippen molar-refractivity contribution in [3.63, 3.8) is 0 Å². The molecule has 0 bridgehead atoms. The summed E-state index contributed by atoms with van der Waals surface area (Å²) in [6, 6.07) is 9.00. The van der Waals surface area contributed by atoms with E-state index in [0.29, 0.717) is 0 Å².